The van der Waals surface area contributed by atoms with Crippen molar-refractivity contribution in [2.45, 2.75) is 57.4 Å². The molecule has 1 aromatic heterocycles. The molecular weight excluding hydrogens is 740 g/mol. The average molecular weight is 798 g/mol. The van der Waals surface area contributed by atoms with Crippen LogP contribution in [-0.4, -0.2) is 118 Å². The van der Waals surface area contributed by atoms with Crippen LogP contribution in [0.2, 0.25) is 5.15 Å². The molecule has 2 aromatic carbocycles. The van der Waals surface area contributed by atoms with E-state index in [4.69, 9.17) is 42.0 Å². The van der Waals surface area contributed by atoms with E-state index >= 15 is 0 Å². The van der Waals surface area contributed by atoms with Crippen molar-refractivity contribution in [3.63, 3.8) is 0 Å². The summed E-state index contributed by atoms with van der Waals surface area (Å²) in [4.78, 5) is 45.5. The number of hydrogen-bond donors (Lipinski definition) is 5. The topological polar surface area (TPSA) is 202 Å². The van der Waals surface area contributed by atoms with E-state index in [0.29, 0.717) is 37.8 Å². The fraction of sp³-hybridized carbons (Fsp3) is 0.525. The lowest BCUT2D eigenvalue weighted by molar-refractivity contribution is -0.933. The van der Waals surface area contributed by atoms with Crippen molar-refractivity contribution in [3.8, 4) is 11.5 Å². The summed E-state index contributed by atoms with van der Waals surface area (Å²) in [5.74, 6) is 0.458. The maximum Gasteiger partial charge on any atom is 0.274 e. The molecule has 3 aromatic rings. The van der Waals surface area contributed by atoms with Gasteiger partial charge in [-0.05, 0) is 73.9 Å². The summed E-state index contributed by atoms with van der Waals surface area (Å²) in [6.07, 6.45) is 6.93. The number of piperidine rings is 1. The van der Waals surface area contributed by atoms with Crippen LogP contribution in [0.5, 0.6) is 11.5 Å². The van der Waals surface area contributed by atoms with E-state index in [0.717, 1.165) is 82.0 Å². The lowest BCUT2D eigenvalue weighted by atomic mass is 9.99. The Morgan fingerprint density at radius 3 is 1.79 bits per heavy atom. The van der Waals surface area contributed by atoms with Crippen LogP contribution in [0.4, 0.5) is 11.6 Å². The van der Waals surface area contributed by atoms with Gasteiger partial charge in [-0.3, -0.25) is 14.4 Å². The third-order valence-electron chi connectivity index (χ3n) is 9.73. The van der Waals surface area contributed by atoms with E-state index in [1.807, 2.05) is 48.5 Å². The number of aryl methyl sites for hydroxylation is 2. The number of ether oxygens (including phenoxy) is 4. The highest BCUT2D eigenvalue weighted by Crippen LogP contribution is 2.25. The van der Waals surface area contributed by atoms with Crippen molar-refractivity contribution in [1.29, 1.82) is 0 Å². The zero-order chi connectivity index (χ0) is 40.2. The molecule has 15 nitrogen and oxygen atoms in total. The summed E-state index contributed by atoms with van der Waals surface area (Å²) < 4.78 is 22.2. The minimum Gasteiger partial charge on any atom is -0.484 e. The molecule has 2 heterocycles. The van der Waals surface area contributed by atoms with Gasteiger partial charge in [0.15, 0.2) is 35.7 Å². The fourth-order valence-electron chi connectivity index (χ4n) is 6.85. The Morgan fingerprint density at radius 2 is 1.29 bits per heavy atom. The lowest BCUT2D eigenvalue weighted by Gasteiger charge is -2.45. The molecule has 1 saturated heterocycles. The molecule has 56 heavy (non-hydrogen) atoms. The predicted octanol–water partition coefficient (Wildman–Crippen LogP) is 3.33. The molecule has 3 amide bonds. The molecule has 0 radical (unpaired) electrons. The normalized spacial score (nSPS) is 14.8. The highest BCUT2D eigenvalue weighted by atomic mass is 35.5. The summed E-state index contributed by atoms with van der Waals surface area (Å²) in [5.41, 5.74) is 14.0. The van der Waals surface area contributed by atoms with Gasteiger partial charge < -0.3 is 50.8 Å². The van der Waals surface area contributed by atoms with Gasteiger partial charge in [0.05, 0.1) is 32.2 Å². The van der Waals surface area contributed by atoms with Crippen LogP contribution >= 0.6 is 11.6 Å². The van der Waals surface area contributed by atoms with Crippen LogP contribution in [0.1, 0.15) is 60.1 Å². The van der Waals surface area contributed by atoms with Crippen LogP contribution in [0.3, 0.4) is 0 Å². The number of nitrogens with two attached hydrogens (primary N) is 2. The summed E-state index contributed by atoms with van der Waals surface area (Å²) in [6.45, 7) is 5.84. The third-order valence-corrected chi connectivity index (χ3v) is 10.0. The predicted molar refractivity (Wildman–Crippen MR) is 216 cm³/mol. The van der Waals surface area contributed by atoms with E-state index in [9.17, 15) is 14.4 Å². The van der Waals surface area contributed by atoms with Gasteiger partial charge in [-0.25, -0.2) is 9.97 Å². The number of nitrogens with zero attached hydrogens (tertiary/aromatic N) is 3. The molecule has 1 aliphatic heterocycles. The molecule has 0 saturated carbocycles. The van der Waals surface area contributed by atoms with Gasteiger partial charge >= 0.3 is 0 Å². The second-order valence-electron chi connectivity index (χ2n) is 14.1. The number of amides is 3. The van der Waals surface area contributed by atoms with Crippen molar-refractivity contribution in [2.24, 2.45) is 0 Å². The third kappa shape index (κ3) is 15.1. The Balaban J connectivity index is 1.33. The molecule has 4 rings (SSSR count). The number of quaternary nitrogens is 1. The van der Waals surface area contributed by atoms with Gasteiger partial charge in [0.1, 0.15) is 11.5 Å². The number of likely N-dealkylation sites (tertiary alicyclic amines) is 1. The molecule has 1 fully saturated rings. The van der Waals surface area contributed by atoms with Gasteiger partial charge in [0, 0.05) is 53.4 Å². The van der Waals surface area contributed by atoms with Crippen molar-refractivity contribution >= 4 is 41.0 Å². The summed E-state index contributed by atoms with van der Waals surface area (Å²) in [6, 6.07) is 15.7. The van der Waals surface area contributed by atoms with Crippen LogP contribution in [0.25, 0.3) is 0 Å². The van der Waals surface area contributed by atoms with Gasteiger partial charge in [-0.15, -0.1) is 0 Å². The molecule has 0 unspecified atom stereocenters. The Hall–Kier alpha value is -4.70. The molecule has 16 heteroatoms. The highest BCUT2D eigenvalue weighted by molar-refractivity contribution is 6.31. The van der Waals surface area contributed by atoms with E-state index in [-0.39, 0.29) is 53.6 Å². The largest absolute Gasteiger partial charge is 0.484 e. The number of benzene rings is 2. The number of hydrogen-bond acceptors (Lipinski definition) is 11. The number of methoxy groups -OCH3 is 2. The highest BCUT2D eigenvalue weighted by Gasteiger charge is 2.35. The minimum atomic E-state index is -0.418. The summed E-state index contributed by atoms with van der Waals surface area (Å²) in [7, 11) is 3.27. The number of carbonyl (C=O) groups is 3. The lowest BCUT2D eigenvalue weighted by Crippen LogP contribution is -2.60. The molecule has 0 aliphatic carbocycles. The van der Waals surface area contributed by atoms with Gasteiger partial charge in [-0.2, -0.15) is 0 Å². The molecule has 7 N–H and O–H groups in total. The van der Waals surface area contributed by atoms with Crippen LogP contribution < -0.4 is 36.9 Å². The second kappa shape index (κ2) is 23.4. The van der Waals surface area contributed by atoms with Crippen LogP contribution in [-0.2, 0) is 31.9 Å². The number of nitrogens with one attached hydrogen (secondary N) is 3. The monoisotopic (exact) mass is 797 g/mol. The van der Waals surface area contributed by atoms with Gasteiger partial charge in [0.25, 0.3) is 17.7 Å². The Morgan fingerprint density at radius 1 is 0.768 bits per heavy atom. The van der Waals surface area contributed by atoms with Crippen molar-refractivity contribution in [2.75, 3.05) is 91.4 Å². The first-order valence-corrected chi connectivity index (χ1v) is 19.7. The first-order chi connectivity index (χ1) is 27.1. The summed E-state index contributed by atoms with van der Waals surface area (Å²) >= 11 is 6.07. The second-order valence-corrected chi connectivity index (χ2v) is 14.5. The number of rotatable bonds is 24. The summed E-state index contributed by atoms with van der Waals surface area (Å²) in [5, 5.41) is 8.73. The van der Waals surface area contributed by atoms with Crippen molar-refractivity contribution < 1.29 is 37.8 Å². The van der Waals surface area contributed by atoms with E-state index < -0.39 is 5.91 Å². The zero-order valence-electron chi connectivity index (χ0n) is 32.7. The zero-order valence-corrected chi connectivity index (χ0v) is 33.4. The quantitative estimate of drug-likeness (QED) is 0.0658. The molecular formula is C40H58ClN8O7+. The number of carbonyl (C=O) groups excluding carboxylic acids is 3. The standard InChI is InChI=1S/C40H57ClN8O7/c1-53-24-6-19-44-34(50)27-55-32-15-11-29(12-16-32)8-3-21-49(23-5-10-31(26-49)46-40(52)36-38(42)48-39(43)37(41)47-36)22-4-9-30-13-17-33(18-14-30)56-28-35(51)45-20-7-25-54-2/h11-18,31H,3-10,19-28H2,1-2H3,(H6-,42,43,44,45,46,48,50,51,52)/p+1/t31-/m0/s1. The Kier molecular flexibility index (Phi) is 18.4. The van der Waals surface area contributed by atoms with Gasteiger partial charge in [0.2, 0.25) is 0 Å². The maximum absolute atomic E-state index is 13.3. The van der Waals surface area contributed by atoms with E-state index in [1.165, 1.54) is 11.1 Å². The molecule has 1 aliphatic rings. The smallest absolute Gasteiger partial charge is 0.274 e. The maximum atomic E-state index is 13.3. The van der Waals surface area contributed by atoms with E-state index in [1.54, 1.807) is 14.2 Å². The Bertz CT molecular complexity index is 1600. The molecule has 0 spiro atoms. The van der Waals surface area contributed by atoms with Crippen molar-refractivity contribution in [3.05, 3.63) is 70.5 Å². The number of nitrogen functional groups attached to an aromatic ring is 2. The fourth-order valence-corrected chi connectivity index (χ4v) is 6.98. The first-order valence-electron chi connectivity index (χ1n) is 19.3. The first kappa shape index (κ1) is 44.0. The molecule has 0 bridgehead atoms. The number of halogens is 1. The number of anilines is 2. The Labute approximate surface area is 334 Å². The SMILES string of the molecule is COCCCNC(=O)COc1ccc(CCC[N+]2(CCCc3ccc(OCC(=O)NCCCOC)cc3)CCC[C@H](NC(=O)c3nc(Cl)c(N)nc3N)C2)cc1. The van der Waals surface area contributed by atoms with Crippen molar-refractivity contribution in [1.82, 2.24) is 25.9 Å². The molecule has 1 atom stereocenters. The molecule has 306 valence electrons. The number of aromatic nitrogens is 2. The van der Waals surface area contributed by atoms with E-state index in [2.05, 4.69) is 25.9 Å². The van der Waals surface area contributed by atoms with Crippen LogP contribution in [0.15, 0.2) is 48.5 Å². The average Bonchev–Trinajstić information content (AvgIpc) is 3.19. The van der Waals surface area contributed by atoms with Gasteiger partial charge in [-0.1, -0.05) is 35.9 Å². The van der Waals surface area contributed by atoms with Crippen LogP contribution in [0, 0.1) is 0 Å². The minimum absolute atomic E-state index is 0.0213.